The lowest BCUT2D eigenvalue weighted by atomic mass is 10.1. The summed E-state index contributed by atoms with van der Waals surface area (Å²) in [6, 6.07) is 8.01. The second-order valence-electron chi connectivity index (χ2n) is 8.31. The smallest absolute Gasteiger partial charge is 0.267 e. The number of carbonyl (C=O) groups is 1. The molecule has 0 aliphatic heterocycles. The van der Waals surface area contributed by atoms with E-state index >= 15 is 0 Å². The Kier molecular flexibility index (Phi) is 8.57. The predicted octanol–water partition coefficient (Wildman–Crippen LogP) is 5.91. The fourth-order valence-corrected chi connectivity index (χ4v) is 5.09. The summed E-state index contributed by atoms with van der Waals surface area (Å²) in [5.74, 6) is 1.23. The molecular formula is C25H31BrN4O3S. The highest BCUT2D eigenvalue weighted by Crippen LogP contribution is 2.34. The summed E-state index contributed by atoms with van der Waals surface area (Å²) in [6.45, 7) is 9.17. The summed E-state index contributed by atoms with van der Waals surface area (Å²) in [6.07, 6.45) is 0. The molecule has 1 amide bonds. The Morgan fingerprint density at radius 1 is 1.06 bits per heavy atom. The molecule has 3 rings (SSSR count). The van der Waals surface area contributed by atoms with Crippen LogP contribution in [-0.2, 0) is 6.54 Å². The number of benzene rings is 2. The third-order valence-electron chi connectivity index (χ3n) is 5.41. The number of hydrogen-bond donors (Lipinski definition) is 2. The number of carbonyl (C=O) groups excluding carboxylic acids is 1. The van der Waals surface area contributed by atoms with E-state index in [2.05, 4.69) is 55.5 Å². The number of nitrogens with zero attached hydrogens (tertiary/aromatic N) is 2. The van der Waals surface area contributed by atoms with Gasteiger partial charge >= 0.3 is 0 Å². The molecule has 1 aromatic heterocycles. The van der Waals surface area contributed by atoms with Gasteiger partial charge in [0.05, 0.1) is 26.6 Å². The zero-order chi connectivity index (χ0) is 25.0. The average molecular weight is 548 g/mol. The molecular weight excluding hydrogens is 516 g/mol. The van der Waals surface area contributed by atoms with Crippen molar-refractivity contribution in [3.05, 3.63) is 61.6 Å². The van der Waals surface area contributed by atoms with Gasteiger partial charge in [-0.2, -0.15) is 0 Å². The Morgan fingerprint density at radius 2 is 1.68 bits per heavy atom. The van der Waals surface area contributed by atoms with E-state index in [-0.39, 0.29) is 5.91 Å². The number of halogens is 1. The lowest BCUT2D eigenvalue weighted by Crippen LogP contribution is -2.25. The van der Waals surface area contributed by atoms with Crippen molar-refractivity contribution >= 4 is 44.0 Å². The number of ether oxygens (including phenoxy) is 2. The summed E-state index contributed by atoms with van der Waals surface area (Å²) in [4.78, 5) is 20.2. The largest absolute Gasteiger partial charge is 0.493 e. The number of nitrogens with one attached hydrogen (secondary N) is 2. The number of aromatic nitrogens is 1. The number of amides is 1. The molecule has 0 fully saturated rings. The Morgan fingerprint density at radius 3 is 2.29 bits per heavy atom. The van der Waals surface area contributed by atoms with Crippen molar-refractivity contribution in [2.24, 2.45) is 0 Å². The van der Waals surface area contributed by atoms with Gasteiger partial charge in [-0.05, 0) is 63.6 Å². The van der Waals surface area contributed by atoms with Crippen LogP contribution in [0, 0.1) is 27.7 Å². The van der Waals surface area contributed by atoms with Crippen molar-refractivity contribution in [3.8, 4) is 11.5 Å². The van der Waals surface area contributed by atoms with E-state index in [0.29, 0.717) is 40.4 Å². The van der Waals surface area contributed by atoms with Crippen LogP contribution >= 0.6 is 27.3 Å². The Labute approximate surface area is 213 Å². The monoisotopic (exact) mass is 546 g/mol. The molecule has 0 aliphatic carbocycles. The first-order chi connectivity index (χ1) is 16.1. The van der Waals surface area contributed by atoms with Crippen LogP contribution in [0.4, 0.5) is 10.8 Å². The second-order valence-corrected chi connectivity index (χ2v) is 10.2. The van der Waals surface area contributed by atoms with Gasteiger partial charge in [-0.3, -0.25) is 9.69 Å². The van der Waals surface area contributed by atoms with Crippen molar-refractivity contribution in [1.82, 2.24) is 9.88 Å². The van der Waals surface area contributed by atoms with Gasteiger partial charge in [0.15, 0.2) is 16.6 Å². The second kappa shape index (κ2) is 11.2. The third kappa shape index (κ3) is 6.08. The van der Waals surface area contributed by atoms with Gasteiger partial charge in [0.2, 0.25) is 0 Å². The summed E-state index contributed by atoms with van der Waals surface area (Å²) in [7, 11) is 5.25. The maximum absolute atomic E-state index is 13.0. The lowest BCUT2D eigenvalue weighted by molar-refractivity contribution is 0.102. The standard InChI is InChI=1S/C25H31BrN4O3S/c1-14-8-15(2)22(16(3)9-14)29-24(31)23-17(4)28-25(34-23)27-13-30(5)12-18-10-20(32-6)21(33-7)11-19(18)26/h8-11H,12-13H2,1-7H3,(H,27,28)(H,29,31). The number of rotatable bonds is 9. The van der Waals surface area contributed by atoms with E-state index in [9.17, 15) is 4.79 Å². The number of aryl methyl sites for hydroxylation is 4. The first kappa shape index (κ1) is 26.0. The van der Waals surface area contributed by atoms with Gasteiger partial charge in [-0.1, -0.05) is 45.0 Å². The molecule has 9 heteroatoms. The molecule has 182 valence electrons. The predicted molar refractivity (Wildman–Crippen MR) is 143 cm³/mol. The van der Waals surface area contributed by atoms with Crippen LogP contribution in [-0.4, -0.2) is 43.7 Å². The highest BCUT2D eigenvalue weighted by Gasteiger charge is 2.18. The van der Waals surface area contributed by atoms with Crippen molar-refractivity contribution in [2.75, 3.05) is 38.6 Å². The molecule has 0 aliphatic rings. The molecule has 0 unspecified atom stereocenters. The van der Waals surface area contributed by atoms with E-state index in [4.69, 9.17) is 9.47 Å². The first-order valence-electron chi connectivity index (χ1n) is 10.8. The molecule has 3 aromatic rings. The van der Waals surface area contributed by atoms with Crippen LogP contribution in [0.3, 0.4) is 0 Å². The quantitative estimate of drug-likeness (QED) is 0.325. The molecule has 0 atom stereocenters. The van der Waals surface area contributed by atoms with Gasteiger partial charge in [0.25, 0.3) is 5.91 Å². The topological polar surface area (TPSA) is 75.7 Å². The number of hydrogen-bond acceptors (Lipinski definition) is 7. The summed E-state index contributed by atoms with van der Waals surface area (Å²) in [5, 5.41) is 7.10. The van der Waals surface area contributed by atoms with Crippen LogP contribution in [0.2, 0.25) is 0 Å². The van der Waals surface area contributed by atoms with Gasteiger partial charge in [-0.15, -0.1) is 0 Å². The van der Waals surface area contributed by atoms with E-state index in [1.54, 1.807) is 14.2 Å². The van der Waals surface area contributed by atoms with Crippen LogP contribution in [0.15, 0.2) is 28.7 Å². The highest BCUT2D eigenvalue weighted by atomic mass is 79.9. The van der Waals surface area contributed by atoms with Crippen molar-refractivity contribution in [2.45, 2.75) is 34.2 Å². The van der Waals surface area contributed by atoms with Crippen molar-refractivity contribution in [3.63, 3.8) is 0 Å². The minimum absolute atomic E-state index is 0.138. The molecule has 0 radical (unpaired) electrons. The van der Waals surface area contributed by atoms with Gasteiger partial charge < -0.3 is 20.1 Å². The molecule has 2 N–H and O–H groups in total. The molecule has 2 aromatic carbocycles. The zero-order valence-electron chi connectivity index (χ0n) is 20.6. The van der Waals surface area contributed by atoms with Crippen molar-refractivity contribution < 1.29 is 14.3 Å². The maximum Gasteiger partial charge on any atom is 0.267 e. The summed E-state index contributed by atoms with van der Waals surface area (Å²) >= 11 is 4.97. The summed E-state index contributed by atoms with van der Waals surface area (Å²) in [5.41, 5.74) is 5.92. The molecule has 0 saturated carbocycles. The third-order valence-corrected chi connectivity index (χ3v) is 7.26. The maximum atomic E-state index is 13.0. The number of methoxy groups -OCH3 is 2. The van der Waals surface area contributed by atoms with Crippen LogP contribution in [0.1, 0.15) is 37.6 Å². The van der Waals surface area contributed by atoms with Gasteiger partial charge in [0, 0.05) is 16.7 Å². The first-order valence-corrected chi connectivity index (χ1v) is 12.4. The van der Waals surface area contributed by atoms with Crippen LogP contribution in [0.5, 0.6) is 11.5 Å². The van der Waals surface area contributed by atoms with Gasteiger partial charge in [0.1, 0.15) is 4.88 Å². The summed E-state index contributed by atoms with van der Waals surface area (Å²) < 4.78 is 11.7. The lowest BCUT2D eigenvalue weighted by Gasteiger charge is -2.19. The van der Waals surface area contributed by atoms with E-state index in [1.165, 1.54) is 16.9 Å². The fraction of sp³-hybridized carbons (Fsp3) is 0.360. The van der Waals surface area contributed by atoms with E-state index in [1.807, 2.05) is 40.0 Å². The van der Waals surface area contributed by atoms with Crippen molar-refractivity contribution in [1.29, 1.82) is 0 Å². The molecule has 0 spiro atoms. The Hall–Kier alpha value is -2.62. The highest BCUT2D eigenvalue weighted by molar-refractivity contribution is 9.10. The van der Waals surface area contributed by atoms with Crippen LogP contribution < -0.4 is 20.1 Å². The number of thiazole rings is 1. The molecule has 1 heterocycles. The minimum Gasteiger partial charge on any atom is -0.493 e. The van der Waals surface area contributed by atoms with Gasteiger partial charge in [-0.25, -0.2) is 4.98 Å². The molecule has 34 heavy (non-hydrogen) atoms. The normalized spacial score (nSPS) is 11.0. The molecule has 7 nitrogen and oxygen atoms in total. The SMILES string of the molecule is COc1cc(Br)c(CN(C)CNc2nc(C)c(C(=O)Nc3c(C)cc(C)cc3C)s2)cc1OC. The average Bonchev–Trinajstić information content (AvgIpc) is 3.16. The minimum atomic E-state index is -0.138. The Balaban J connectivity index is 1.64. The molecule has 0 bridgehead atoms. The molecule has 0 saturated heterocycles. The fourth-order valence-electron chi connectivity index (χ4n) is 3.80. The van der Waals surface area contributed by atoms with E-state index in [0.717, 1.165) is 26.9 Å². The van der Waals surface area contributed by atoms with E-state index < -0.39 is 0 Å². The number of anilines is 2. The zero-order valence-corrected chi connectivity index (χ0v) is 23.0. The Bertz CT molecular complexity index is 1170. The van der Waals surface area contributed by atoms with Crippen LogP contribution in [0.25, 0.3) is 0 Å².